The van der Waals surface area contributed by atoms with E-state index in [-0.39, 0.29) is 5.91 Å². The van der Waals surface area contributed by atoms with Gasteiger partial charge in [-0.3, -0.25) is 4.79 Å². The summed E-state index contributed by atoms with van der Waals surface area (Å²) in [6, 6.07) is 10.6. The number of halogens is 1. The van der Waals surface area contributed by atoms with Crippen molar-refractivity contribution in [2.24, 2.45) is 0 Å². The molecule has 0 aliphatic rings. The normalized spacial score (nSPS) is 10.3. The van der Waals surface area contributed by atoms with Crippen LogP contribution in [0.3, 0.4) is 0 Å². The molecule has 21 heavy (non-hydrogen) atoms. The maximum Gasteiger partial charge on any atom is 0.258 e. The number of para-hydroxylation sites is 2. The van der Waals surface area contributed by atoms with Crippen molar-refractivity contribution in [1.82, 2.24) is 25.2 Å². The average Bonchev–Trinajstić information content (AvgIpc) is 3.02. The van der Waals surface area contributed by atoms with Gasteiger partial charge in [0.25, 0.3) is 5.91 Å². The summed E-state index contributed by atoms with van der Waals surface area (Å²) in [5, 5.41) is 13.8. The van der Waals surface area contributed by atoms with E-state index in [4.69, 9.17) is 0 Å². The molecule has 3 rings (SSSR count). The maximum atomic E-state index is 12.3. The SMILES string of the molecule is O=C(Nc1ccccc1-n1cnnn1)c1cccnc1Br. The number of rotatable bonds is 3. The molecule has 7 nitrogen and oxygen atoms in total. The van der Waals surface area contributed by atoms with Crippen LogP contribution in [-0.4, -0.2) is 31.1 Å². The first kappa shape index (κ1) is 13.4. The fourth-order valence-corrected chi connectivity index (χ4v) is 2.23. The molecule has 2 heterocycles. The Balaban J connectivity index is 1.93. The number of carbonyl (C=O) groups excluding carboxylic acids is 1. The molecule has 0 saturated heterocycles. The van der Waals surface area contributed by atoms with Crippen LogP contribution in [0.1, 0.15) is 10.4 Å². The fourth-order valence-electron chi connectivity index (χ4n) is 1.80. The summed E-state index contributed by atoms with van der Waals surface area (Å²) >= 11 is 3.26. The van der Waals surface area contributed by atoms with Crippen molar-refractivity contribution in [3.63, 3.8) is 0 Å². The lowest BCUT2D eigenvalue weighted by atomic mass is 10.2. The van der Waals surface area contributed by atoms with Crippen LogP contribution in [0.4, 0.5) is 5.69 Å². The van der Waals surface area contributed by atoms with Gasteiger partial charge < -0.3 is 5.32 Å². The second-order valence-electron chi connectivity index (χ2n) is 4.07. The van der Waals surface area contributed by atoms with Crippen LogP contribution in [0, 0.1) is 0 Å². The zero-order valence-electron chi connectivity index (χ0n) is 10.6. The van der Waals surface area contributed by atoms with E-state index in [1.807, 2.05) is 18.2 Å². The number of pyridine rings is 1. The minimum Gasteiger partial charge on any atom is -0.320 e. The number of hydrogen-bond donors (Lipinski definition) is 1. The summed E-state index contributed by atoms with van der Waals surface area (Å²) < 4.78 is 1.97. The highest BCUT2D eigenvalue weighted by molar-refractivity contribution is 9.10. The highest BCUT2D eigenvalue weighted by Gasteiger charge is 2.13. The number of amides is 1. The molecular weight excluding hydrogens is 336 g/mol. The Morgan fingerprint density at radius 1 is 1.19 bits per heavy atom. The van der Waals surface area contributed by atoms with Crippen LogP contribution >= 0.6 is 15.9 Å². The molecule has 0 spiro atoms. The minimum atomic E-state index is -0.268. The first-order chi connectivity index (χ1) is 10.3. The van der Waals surface area contributed by atoms with Gasteiger partial charge in [-0.25, -0.2) is 4.98 Å². The molecule has 3 aromatic rings. The largest absolute Gasteiger partial charge is 0.320 e. The molecule has 0 radical (unpaired) electrons. The molecule has 0 aliphatic carbocycles. The van der Waals surface area contributed by atoms with Crippen LogP contribution < -0.4 is 5.32 Å². The summed E-state index contributed by atoms with van der Waals surface area (Å²) in [6.45, 7) is 0. The Bertz CT molecular complexity index is 774. The third kappa shape index (κ3) is 2.79. The van der Waals surface area contributed by atoms with Crippen molar-refractivity contribution in [1.29, 1.82) is 0 Å². The number of anilines is 1. The molecule has 1 aromatic carbocycles. The summed E-state index contributed by atoms with van der Waals surface area (Å²) in [5.41, 5.74) is 1.73. The zero-order chi connectivity index (χ0) is 14.7. The Kier molecular flexibility index (Phi) is 3.69. The molecule has 0 saturated carbocycles. The van der Waals surface area contributed by atoms with Crippen LogP contribution in [-0.2, 0) is 0 Å². The van der Waals surface area contributed by atoms with E-state index in [9.17, 15) is 4.79 Å². The monoisotopic (exact) mass is 344 g/mol. The van der Waals surface area contributed by atoms with Gasteiger partial charge in [0.05, 0.1) is 16.9 Å². The molecule has 0 unspecified atom stereocenters. The van der Waals surface area contributed by atoms with Gasteiger partial charge in [0.1, 0.15) is 10.9 Å². The van der Waals surface area contributed by atoms with E-state index in [1.165, 1.54) is 11.0 Å². The molecular formula is C13H9BrN6O. The van der Waals surface area contributed by atoms with Gasteiger partial charge in [0.15, 0.2) is 0 Å². The van der Waals surface area contributed by atoms with E-state index < -0.39 is 0 Å². The van der Waals surface area contributed by atoms with Crippen molar-refractivity contribution in [2.45, 2.75) is 0 Å². The summed E-state index contributed by atoms with van der Waals surface area (Å²) in [7, 11) is 0. The first-order valence-electron chi connectivity index (χ1n) is 6.00. The molecule has 2 aromatic heterocycles. The average molecular weight is 345 g/mol. The number of nitrogens with one attached hydrogen (secondary N) is 1. The predicted octanol–water partition coefficient (Wildman–Crippen LogP) is 2.07. The molecule has 8 heteroatoms. The third-order valence-electron chi connectivity index (χ3n) is 2.75. The number of aromatic nitrogens is 5. The lowest BCUT2D eigenvalue weighted by Gasteiger charge is -2.10. The third-order valence-corrected chi connectivity index (χ3v) is 3.38. The number of benzene rings is 1. The van der Waals surface area contributed by atoms with Crippen LogP contribution in [0.25, 0.3) is 5.69 Å². The summed E-state index contributed by atoms with van der Waals surface area (Å²) in [6.07, 6.45) is 3.07. The lowest BCUT2D eigenvalue weighted by Crippen LogP contribution is -2.15. The van der Waals surface area contributed by atoms with Crippen LogP contribution in [0.2, 0.25) is 0 Å². The number of nitrogens with zero attached hydrogens (tertiary/aromatic N) is 5. The standard InChI is InChI=1S/C13H9BrN6O/c14-12-9(4-3-7-15-12)13(21)17-10-5-1-2-6-11(10)20-8-16-18-19-20/h1-8H,(H,17,21). The van der Waals surface area contributed by atoms with E-state index in [0.717, 1.165) is 0 Å². The molecule has 0 atom stereocenters. The quantitative estimate of drug-likeness (QED) is 0.735. The maximum absolute atomic E-state index is 12.3. The second kappa shape index (κ2) is 5.80. The van der Waals surface area contributed by atoms with Crippen LogP contribution in [0.5, 0.6) is 0 Å². The van der Waals surface area contributed by atoms with Gasteiger partial charge in [-0.15, -0.1) is 5.10 Å². The fraction of sp³-hybridized carbons (Fsp3) is 0. The van der Waals surface area contributed by atoms with Gasteiger partial charge in [0, 0.05) is 6.20 Å². The molecule has 1 N–H and O–H groups in total. The summed E-state index contributed by atoms with van der Waals surface area (Å²) in [5.74, 6) is -0.268. The topological polar surface area (TPSA) is 85.6 Å². The second-order valence-corrected chi connectivity index (χ2v) is 4.82. The molecule has 1 amide bonds. The molecule has 0 bridgehead atoms. The Hall–Kier alpha value is -2.61. The molecule has 104 valence electrons. The van der Waals surface area contributed by atoms with Crippen molar-refractivity contribution in [3.05, 3.63) is 59.1 Å². The van der Waals surface area contributed by atoms with Crippen molar-refractivity contribution in [3.8, 4) is 5.69 Å². The molecule has 0 fully saturated rings. The Morgan fingerprint density at radius 3 is 2.81 bits per heavy atom. The highest BCUT2D eigenvalue weighted by atomic mass is 79.9. The van der Waals surface area contributed by atoms with Crippen LogP contribution in [0.15, 0.2) is 53.5 Å². The zero-order valence-corrected chi connectivity index (χ0v) is 12.2. The van der Waals surface area contributed by atoms with Gasteiger partial charge in [-0.2, -0.15) is 4.68 Å². The number of carbonyl (C=O) groups is 1. The highest BCUT2D eigenvalue weighted by Crippen LogP contribution is 2.20. The predicted molar refractivity (Wildman–Crippen MR) is 79.0 cm³/mol. The smallest absolute Gasteiger partial charge is 0.258 e. The lowest BCUT2D eigenvalue weighted by molar-refractivity contribution is 0.102. The Morgan fingerprint density at radius 2 is 2.05 bits per heavy atom. The molecule has 0 aliphatic heterocycles. The Labute approximate surface area is 128 Å². The van der Waals surface area contributed by atoms with Crippen molar-refractivity contribution < 1.29 is 4.79 Å². The first-order valence-corrected chi connectivity index (χ1v) is 6.79. The van der Waals surface area contributed by atoms with Crippen molar-refractivity contribution >= 4 is 27.5 Å². The number of tetrazole rings is 1. The van der Waals surface area contributed by atoms with E-state index in [0.29, 0.717) is 21.5 Å². The van der Waals surface area contributed by atoms with Gasteiger partial charge >= 0.3 is 0 Å². The van der Waals surface area contributed by atoms with Gasteiger partial charge in [-0.05, 0) is 50.6 Å². The van der Waals surface area contributed by atoms with Crippen molar-refractivity contribution in [2.75, 3.05) is 5.32 Å². The summed E-state index contributed by atoms with van der Waals surface area (Å²) in [4.78, 5) is 16.3. The van der Waals surface area contributed by atoms with E-state index in [1.54, 1.807) is 24.4 Å². The number of hydrogen-bond acceptors (Lipinski definition) is 5. The van der Waals surface area contributed by atoms with E-state index in [2.05, 4.69) is 41.8 Å². The van der Waals surface area contributed by atoms with Gasteiger partial charge in [0.2, 0.25) is 0 Å². The van der Waals surface area contributed by atoms with Gasteiger partial charge in [-0.1, -0.05) is 12.1 Å². The van der Waals surface area contributed by atoms with E-state index >= 15 is 0 Å². The minimum absolute atomic E-state index is 0.268.